The van der Waals surface area contributed by atoms with Gasteiger partial charge in [-0.2, -0.15) is 0 Å². The van der Waals surface area contributed by atoms with Gasteiger partial charge in [0.1, 0.15) is 18.3 Å². The summed E-state index contributed by atoms with van der Waals surface area (Å²) in [5.41, 5.74) is 0.818. The molecule has 234 valence electrons. The molecule has 1 aliphatic carbocycles. The summed E-state index contributed by atoms with van der Waals surface area (Å²) in [6.45, 7) is 2.52. The molecule has 44 heavy (non-hydrogen) atoms. The molecule has 1 N–H and O–H groups in total. The van der Waals surface area contributed by atoms with E-state index in [2.05, 4.69) is 21.2 Å². The Morgan fingerprint density at radius 2 is 1.77 bits per heavy atom. The quantitative estimate of drug-likeness (QED) is 0.200. The van der Waals surface area contributed by atoms with Gasteiger partial charge >= 0.3 is 0 Å². The van der Waals surface area contributed by atoms with Crippen molar-refractivity contribution in [1.82, 2.24) is 10.2 Å². The maximum absolute atomic E-state index is 14.1. The smallest absolute Gasteiger partial charge is 0.273 e. The zero-order chi connectivity index (χ0) is 32.0. The molecule has 0 spiro atoms. The van der Waals surface area contributed by atoms with E-state index in [0.717, 1.165) is 46.1 Å². The lowest BCUT2D eigenvalue weighted by Gasteiger charge is -2.32. The number of nitro benzene ring substituents is 1. The van der Waals surface area contributed by atoms with Crippen molar-refractivity contribution in [1.29, 1.82) is 0 Å². The lowest BCUT2D eigenvalue weighted by molar-refractivity contribution is -0.385. The zero-order valence-corrected chi connectivity index (χ0v) is 27.1. The minimum Gasteiger partial charge on any atom is -0.497 e. The van der Waals surface area contributed by atoms with Crippen molar-refractivity contribution in [3.63, 3.8) is 0 Å². The number of methoxy groups -OCH3 is 1. The molecule has 1 fully saturated rings. The van der Waals surface area contributed by atoms with Crippen molar-refractivity contribution in [2.24, 2.45) is 0 Å². The second-order valence-corrected chi connectivity index (χ2v) is 13.5. The van der Waals surface area contributed by atoms with Gasteiger partial charge in [0.25, 0.3) is 15.7 Å². The molecule has 0 aromatic heterocycles. The van der Waals surface area contributed by atoms with Crippen molar-refractivity contribution in [3.8, 4) is 5.75 Å². The zero-order valence-electron chi connectivity index (χ0n) is 24.7. The van der Waals surface area contributed by atoms with Gasteiger partial charge in [0.2, 0.25) is 11.8 Å². The number of hydrogen-bond donors (Lipinski definition) is 1. The third kappa shape index (κ3) is 7.75. The lowest BCUT2D eigenvalue weighted by Crippen LogP contribution is -2.52. The van der Waals surface area contributed by atoms with Crippen LogP contribution in [0.5, 0.6) is 5.75 Å². The Balaban J connectivity index is 1.73. The standard InChI is InChI=1S/C31H35BrN4O7S/c1-21-11-16-28(18-29(21)36(39)40)44(41,42)35(26-12-14-27(43-3)15-13-26)20-30(37)34(19-23-7-6-8-24(32)17-23)22(2)31(38)33-25-9-4-5-10-25/h6-8,11-18,22,25H,4-5,9-10,19-20H2,1-3H3,(H,33,38). The summed E-state index contributed by atoms with van der Waals surface area (Å²) in [5.74, 6) is -0.481. The van der Waals surface area contributed by atoms with Gasteiger partial charge in [-0.15, -0.1) is 0 Å². The molecule has 1 saturated carbocycles. The number of carbonyl (C=O) groups excluding carboxylic acids is 2. The van der Waals surface area contributed by atoms with Gasteiger partial charge in [-0.05, 0) is 74.7 Å². The maximum atomic E-state index is 14.1. The van der Waals surface area contributed by atoms with Gasteiger partial charge in [0.15, 0.2) is 0 Å². The van der Waals surface area contributed by atoms with E-state index in [4.69, 9.17) is 4.74 Å². The molecular weight excluding hydrogens is 652 g/mol. The van der Waals surface area contributed by atoms with Crippen LogP contribution < -0.4 is 14.4 Å². The molecule has 0 radical (unpaired) electrons. The molecule has 1 atom stereocenters. The molecule has 3 aromatic carbocycles. The minimum absolute atomic E-state index is 0.0290. The highest BCUT2D eigenvalue weighted by atomic mass is 79.9. The third-order valence-electron chi connectivity index (χ3n) is 7.72. The van der Waals surface area contributed by atoms with Gasteiger partial charge in [0.05, 0.1) is 22.6 Å². The number of carbonyl (C=O) groups is 2. The number of benzene rings is 3. The monoisotopic (exact) mass is 686 g/mol. The molecule has 13 heteroatoms. The molecule has 2 amide bonds. The number of nitrogens with zero attached hydrogens (tertiary/aromatic N) is 3. The first kappa shape index (κ1) is 32.9. The number of halogens is 1. The van der Waals surface area contributed by atoms with Crippen LogP contribution in [-0.2, 0) is 26.2 Å². The predicted molar refractivity (Wildman–Crippen MR) is 170 cm³/mol. The topological polar surface area (TPSA) is 139 Å². The first-order valence-corrected chi connectivity index (χ1v) is 16.4. The van der Waals surface area contributed by atoms with Crippen molar-refractivity contribution in [2.45, 2.75) is 63.1 Å². The molecule has 4 rings (SSSR count). The van der Waals surface area contributed by atoms with E-state index >= 15 is 0 Å². The number of aryl methyl sites for hydroxylation is 1. The minimum atomic E-state index is -4.49. The van der Waals surface area contributed by atoms with Crippen molar-refractivity contribution in [3.05, 3.63) is 92.4 Å². The van der Waals surface area contributed by atoms with Crippen LogP contribution in [-0.4, -0.2) is 55.8 Å². The highest BCUT2D eigenvalue weighted by Gasteiger charge is 2.34. The Morgan fingerprint density at radius 3 is 2.39 bits per heavy atom. The fourth-order valence-electron chi connectivity index (χ4n) is 5.16. The largest absolute Gasteiger partial charge is 0.497 e. The molecule has 1 unspecified atom stereocenters. The van der Waals surface area contributed by atoms with Gasteiger partial charge in [0, 0.05) is 28.7 Å². The van der Waals surface area contributed by atoms with Crippen molar-refractivity contribution in [2.75, 3.05) is 18.0 Å². The van der Waals surface area contributed by atoms with Crippen LogP contribution in [0.4, 0.5) is 11.4 Å². The Hall–Kier alpha value is -3.97. The summed E-state index contributed by atoms with van der Waals surface area (Å²) < 4.78 is 35.1. The summed E-state index contributed by atoms with van der Waals surface area (Å²) in [4.78, 5) is 39.5. The van der Waals surface area contributed by atoms with Crippen molar-refractivity contribution >= 4 is 49.1 Å². The number of ether oxygens (including phenoxy) is 1. The van der Waals surface area contributed by atoms with E-state index in [0.29, 0.717) is 11.3 Å². The summed E-state index contributed by atoms with van der Waals surface area (Å²) >= 11 is 3.44. The fourth-order valence-corrected chi connectivity index (χ4v) is 7.04. The van der Waals surface area contributed by atoms with E-state index < -0.39 is 33.4 Å². The van der Waals surface area contributed by atoms with Gasteiger partial charge in [-0.3, -0.25) is 24.0 Å². The SMILES string of the molecule is COc1ccc(N(CC(=O)N(Cc2cccc(Br)c2)C(C)C(=O)NC2CCCC2)S(=O)(=O)c2ccc(C)c([N+](=O)[O-])c2)cc1. The number of amides is 2. The van der Waals surface area contributed by atoms with Crippen LogP contribution in [0.15, 0.2) is 76.1 Å². The molecule has 0 bridgehead atoms. The summed E-state index contributed by atoms with van der Waals surface area (Å²) in [6, 6.07) is 16.1. The number of rotatable bonds is 12. The van der Waals surface area contributed by atoms with Gasteiger partial charge in [-0.1, -0.05) is 47.0 Å². The van der Waals surface area contributed by atoms with Gasteiger partial charge < -0.3 is 15.0 Å². The average molecular weight is 688 g/mol. The lowest BCUT2D eigenvalue weighted by atomic mass is 10.1. The molecule has 3 aromatic rings. The third-order valence-corrected chi connectivity index (χ3v) is 9.98. The van der Waals surface area contributed by atoms with Crippen LogP contribution in [0, 0.1) is 17.0 Å². The number of anilines is 1. The summed E-state index contributed by atoms with van der Waals surface area (Å²) in [6.07, 6.45) is 3.77. The van der Waals surface area contributed by atoms with E-state index in [-0.39, 0.29) is 34.8 Å². The van der Waals surface area contributed by atoms with Crippen molar-refractivity contribution < 1.29 is 27.7 Å². The fraction of sp³-hybridized carbons (Fsp3) is 0.355. The van der Waals surface area contributed by atoms with Crippen LogP contribution in [0.25, 0.3) is 0 Å². The molecular formula is C31H35BrN4O7S. The Morgan fingerprint density at radius 1 is 1.09 bits per heavy atom. The van der Waals surface area contributed by atoms with E-state index in [1.54, 1.807) is 19.1 Å². The normalized spacial score (nSPS) is 14.1. The average Bonchev–Trinajstić information content (AvgIpc) is 3.51. The second-order valence-electron chi connectivity index (χ2n) is 10.7. The first-order chi connectivity index (χ1) is 20.9. The maximum Gasteiger partial charge on any atom is 0.273 e. The Labute approximate surface area is 265 Å². The highest BCUT2D eigenvalue weighted by molar-refractivity contribution is 9.10. The van der Waals surface area contributed by atoms with Crippen LogP contribution in [0.2, 0.25) is 0 Å². The predicted octanol–water partition coefficient (Wildman–Crippen LogP) is 5.35. The van der Waals surface area contributed by atoms with E-state index in [9.17, 15) is 28.1 Å². The Kier molecular flexibility index (Phi) is 10.6. The van der Waals surface area contributed by atoms with Crippen LogP contribution in [0.1, 0.15) is 43.7 Å². The molecule has 0 saturated heterocycles. The molecule has 11 nitrogen and oxygen atoms in total. The summed E-state index contributed by atoms with van der Waals surface area (Å²) in [7, 11) is -3.02. The molecule has 0 aliphatic heterocycles. The number of hydrogen-bond acceptors (Lipinski definition) is 7. The van der Waals surface area contributed by atoms with E-state index in [1.165, 1.54) is 43.2 Å². The first-order valence-electron chi connectivity index (χ1n) is 14.2. The summed E-state index contributed by atoms with van der Waals surface area (Å²) in [5, 5.41) is 14.7. The second kappa shape index (κ2) is 14.2. The number of nitrogens with one attached hydrogen (secondary N) is 1. The van der Waals surface area contributed by atoms with Crippen LogP contribution >= 0.6 is 15.9 Å². The Bertz CT molecular complexity index is 1630. The van der Waals surface area contributed by atoms with E-state index in [1.807, 2.05) is 24.3 Å². The molecule has 0 heterocycles. The van der Waals surface area contributed by atoms with Crippen LogP contribution in [0.3, 0.4) is 0 Å². The van der Waals surface area contributed by atoms with Gasteiger partial charge in [-0.25, -0.2) is 8.42 Å². The molecule has 1 aliphatic rings. The highest BCUT2D eigenvalue weighted by Crippen LogP contribution is 2.30. The number of nitro groups is 1. The number of sulfonamides is 1.